The van der Waals surface area contributed by atoms with Gasteiger partial charge < -0.3 is 5.32 Å². The highest BCUT2D eigenvalue weighted by Gasteiger charge is 2.34. The molecule has 0 atom stereocenters. The molecule has 0 radical (unpaired) electrons. The standard InChI is InChI=1S/C5H5BrF2N4O/c6-5(7,8)4(13)9-1-3-10-2-11-12-3/h2H,1H2,(H,9,13)(H,10,11,12). The highest BCUT2D eigenvalue weighted by molar-refractivity contribution is 9.10. The maximum Gasteiger partial charge on any atom is 0.377 e. The minimum absolute atomic E-state index is 0.111. The van der Waals surface area contributed by atoms with Crippen LogP contribution in [0.25, 0.3) is 0 Å². The largest absolute Gasteiger partial charge is 0.377 e. The lowest BCUT2D eigenvalue weighted by Crippen LogP contribution is -2.35. The number of nitrogens with one attached hydrogen (secondary N) is 2. The van der Waals surface area contributed by atoms with Crippen molar-refractivity contribution in [2.24, 2.45) is 0 Å². The fourth-order valence-corrected chi connectivity index (χ4v) is 0.720. The first-order chi connectivity index (χ1) is 6.00. The Morgan fingerprint density at radius 1 is 1.77 bits per heavy atom. The average Bonchev–Trinajstić information content (AvgIpc) is 2.50. The molecule has 72 valence electrons. The number of carbonyl (C=O) groups is 1. The number of H-pyrrole nitrogens is 1. The van der Waals surface area contributed by atoms with Crippen LogP contribution in [-0.2, 0) is 11.3 Å². The molecule has 1 aromatic rings. The molecule has 13 heavy (non-hydrogen) atoms. The highest BCUT2D eigenvalue weighted by Crippen LogP contribution is 2.21. The first-order valence-corrected chi connectivity index (χ1v) is 3.98. The molecule has 2 N–H and O–H groups in total. The van der Waals surface area contributed by atoms with Crippen LogP contribution in [0.15, 0.2) is 6.33 Å². The third-order valence-electron chi connectivity index (χ3n) is 1.14. The van der Waals surface area contributed by atoms with Crippen LogP contribution < -0.4 is 5.32 Å². The van der Waals surface area contributed by atoms with Crippen molar-refractivity contribution in [3.63, 3.8) is 0 Å². The minimum Gasteiger partial charge on any atom is -0.343 e. The number of alkyl halides is 3. The molecule has 0 aliphatic carbocycles. The quantitative estimate of drug-likeness (QED) is 0.768. The normalized spacial score (nSPS) is 11.3. The predicted octanol–water partition coefficient (Wildman–Crippen LogP) is 0.409. The topological polar surface area (TPSA) is 70.7 Å². The van der Waals surface area contributed by atoms with Crippen LogP contribution >= 0.6 is 15.9 Å². The van der Waals surface area contributed by atoms with Gasteiger partial charge in [-0.15, -0.1) is 0 Å². The van der Waals surface area contributed by atoms with Crippen LogP contribution in [0.2, 0.25) is 0 Å². The number of aromatic amines is 1. The van der Waals surface area contributed by atoms with Crippen LogP contribution in [-0.4, -0.2) is 25.9 Å². The summed E-state index contributed by atoms with van der Waals surface area (Å²) in [6.45, 7) is -0.111. The Morgan fingerprint density at radius 3 is 2.92 bits per heavy atom. The number of nitrogens with zero attached hydrogens (tertiary/aromatic N) is 2. The van der Waals surface area contributed by atoms with Gasteiger partial charge >= 0.3 is 10.7 Å². The number of hydrogen-bond acceptors (Lipinski definition) is 3. The summed E-state index contributed by atoms with van der Waals surface area (Å²) >= 11 is 1.92. The Bertz CT molecular complexity index is 283. The predicted molar refractivity (Wildman–Crippen MR) is 42.1 cm³/mol. The second-order valence-electron chi connectivity index (χ2n) is 2.11. The van der Waals surface area contributed by atoms with E-state index in [4.69, 9.17) is 0 Å². The Balaban J connectivity index is 2.40. The third-order valence-corrected chi connectivity index (χ3v) is 1.50. The lowest BCUT2D eigenvalue weighted by molar-refractivity contribution is -0.134. The van der Waals surface area contributed by atoms with E-state index < -0.39 is 10.7 Å². The molecule has 0 unspecified atom stereocenters. The van der Waals surface area contributed by atoms with Gasteiger partial charge in [0.15, 0.2) is 0 Å². The van der Waals surface area contributed by atoms with Crippen molar-refractivity contribution in [3.05, 3.63) is 12.2 Å². The van der Waals surface area contributed by atoms with Gasteiger partial charge in [-0.05, 0) is 0 Å². The zero-order valence-corrected chi connectivity index (χ0v) is 7.81. The summed E-state index contributed by atoms with van der Waals surface area (Å²) in [5.74, 6) is -1.10. The molecule has 0 aromatic carbocycles. The van der Waals surface area contributed by atoms with Gasteiger partial charge in [0.1, 0.15) is 12.2 Å². The number of halogens is 3. The molecule has 8 heteroatoms. The van der Waals surface area contributed by atoms with Gasteiger partial charge in [0, 0.05) is 15.9 Å². The lowest BCUT2D eigenvalue weighted by atomic mass is 10.5. The Hall–Kier alpha value is -1.05. The molecule has 1 rings (SSSR count). The fourth-order valence-electron chi connectivity index (χ4n) is 0.580. The van der Waals surface area contributed by atoms with Gasteiger partial charge in [-0.2, -0.15) is 13.9 Å². The highest BCUT2D eigenvalue weighted by atomic mass is 79.9. The van der Waals surface area contributed by atoms with E-state index in [1.807, 2.05) is 21.2 Å². The van der Waals surface area contributed by atoms with Gasteiger partial charge in [-0.25, -0.2) is 4.98 Å². The number of hydrogen-bond donors (Lipinski definition) is 2. The Morgan fingerprint density at radius 2 is 2.46 bits per heavy atom. The maximum absolute atomic E-state index is 12.2. The van der Waals surface area contributed by atoms with Crippen molar-refractivity contribution in [3.8, 4) is 0 Å². The smallest absolute Gasteiger partial charge is 0.343 e. The molecule has 0 aliphatic heterocycles. The molecule has 0 aliphatic rings. The van der Waals surface area contributed by atoms with Gasteiger partial charge in [0.25, 0.3) is 0 Å². The summed E-state index contributed by atoms with van der Waals surface area (Å²) in [5.41, 5.74) is 0. The van der Waals surface area contributed by atoms with Gasteiger partial charge in [0.2, 0.25) is 0 Å². The lowest BCUT2D eigenvalue weighted by Gasteiger charge is -2.07. The summed E-state index contributed by atoms with van der Waals surface area (Å²) in [4.78, 5) is 10.7. The minimum atomic E-state index is -3.55. The van der Waals surface area contributed by atoms with E-state index in [0.717, 1.165) is 0 Å². The van der Waals surface area contributed by atoms with Gasteiger partial charge in [-0.1, -0.05) is 0 Å². The van der Waals surface area contributed by atoms with Crippen molar-refractivity contribution < 1.29 is 13.6 Å². The van der Waals surface area contributed by atoms with Crippen LogP contribution in [0.3, 0.4) is 0 Å². The van der Waals surface area contributed by atoms with Crippen LogP contribution in [0.4, 0.5) is 8.78 Å². The van der Waals surface area contributed by atoms with E-state index in [-0.39, 0.29) is 6.54 Å². The molecule has 0 fully saturated rings. The molecular formula is C5H5BrF2N4O. The van der Waals surface area contributed by atoms with E-state index in [1.54, 1.807) is 0 Å². The zero-order valence-electron chi connectivity index (χ0n) is 6.22. The SMILES string of the molecule is O=C(NCc1ncn[nH]1)C(F)(F)Br. The second kappa shape index (κ2) is 3.77. The first-order valence-electron chi connectivity index (χ1n) is 3.19. The van der Waals surface area contributed by atoms with Crippen molar-refractivity contribution in [2.75, 3.05) is 0 Å². The Labute approximate surface area is 80.1 Å². The summed E-state index contributed by atoms with van der Waals surface area (Å²) in [6.07, 6.45) is 1.22. The molecule has 0 spiro atoms. The van der Waals surface area contributed by atoms with Gasteiger partial charge in [-0.3, -0.25) is 9.89 Å². The van der Waals surface area contributed by atoms with Crippen LogP contribution in [0.5, 0.6) is 0 Å². The van der Waals surface area contributed by atoms with Gasteiger partial charge in [0.05, 0.1) is 6.54 Å². The monoisotopic (exact) mass is 254 g/mol. The fraction of sp³-hybridized carbons (Fsp3) is 0.400. The van der Waals surface area contributed by atoms with Crippen molar-refractivity contribution in [1.29, 1.82) is 0 Å². The number of aromatic nitrogens is 3. The second-order valence-corrected chi connectivity index (χ2v) is 3.11. The Kier molecular flexibility index (Phi) is 2.91. The van der Waals surface area contributed by atoms with E-state index >= 15 is 0 Å². The summed E-state index contributed by atoms with van der Waals surface area (Å²) in [5, 5.41) is 7.84. The first kappa shape index (κ1) is 10.0. The summed E-state index contributed by atoms with van der Waals surface area (Å²) in [6, 6.07) is 0. The molecule has 1 heterocycles. The molecule has 0 saturated carbocycles. The van der Waals surface area contributed by atoms with Crippen LogP contribution in [0.1, 0.15) is 5.82 Å². The molecule has 1 amide bonds. The van der Waals surface area contributed by atoms with E-state index in [0.29, 0.717) is 5.82 Å². The maximum atomic E-state index is 12.2. The van der Waals surface area contributed by atoms with E-state index in [1.165, 1.54) is 6.33 Å². The van der Waals surface area contributed by atoms with Crippen LogP contribution in [0, 0.1) is 0 Å². The average molecular weight is 255 g/mol. The molecule has 1 aromatic heterocycles. The van der Waals surface area contributed by atoms with Crippen molar-refractivity contribution in [1.82, 2.24) is 20.5 Å². The van der Waals surface area contributed by atoms with E-state index in [2.05, 4.69) is 15.2 Å². The molecule has 5 nitrogen and oxygen atoms in total. The molecule has 0 saturated heterocycles. The van der Waals surface area contributed by atoms with Crippen molar-refractivity contribution in [2.45, 2.75) is 11.4 Å². The molecule has 0 bridgehead atoms. The number of carbonyl (C=O) groups excluding carboxylic acids is 1. The van der Waals surface area contributed by atoms with E-state index in [9.17, 15) is 13.6 Å². The molecular weight excluding hydrogens is 250 g/mol. The zero-order chi connectivity index (χ0) is 9.90. The summed E-state index contributed by atoms with van der Waals surface area (Å²) in [7, 11) is 0. The third kappa shape index (κ3) is 3.05. The van der Waals surface area contributed by atoms with Crippen molar-refractivity contribution >= 4 is 21.8 Å². The number of rotatable bonds is 3. The summed E-state index contributed by atoms with van der Waals surface area (Å²) < 4.78 is 24.4. The number of amides is 1.